The molecule has 0 radical (unpaired) electrons. The van der Waals surface area contributed by atoms with Crippen molar-refractivity contribution in [2.45, 2.75) is 24.9 Å². The lowest BCUT2D eigenvalue weighted by molar-refractivity contribution is -0.141. The van der Waals surface area contributed by atoms with Crippen LogP contribution in [0.4, 0.5) is 17.6 Å². The molecular weight excluding hydrogens is 492 g/mol. The second-order valence-electron chi connectivity index (χ2n) is 7.53. The van der Waals surface area contributed by atoms with E-state index in [0.29, 0.717) is 11.4 Å². The van der Waals surface area contributed by atoms with Crippen LogP contribution in [-0.4, -0.2) is 37.9 Å². The second-order valence-corrected chi connectivity index (χ2v) is 9.30. The van der Waals surface area contributed by atoms with Crippen molar-refractivity contribution in [3.05, 3.63) is 82.9 Å². The van der Waals surface area contributed by atoms with Gasteiger partial charge in [-0.25, -0.2) is 12.8 Å². The molecule has 1 N–H and O–H groups in total. The lowest BCUT2D eigenvalue weighted by Gasteiger charge is -2.13. The van der Waals surface area contributed by atoms with Crippen molar-refractivity contribution in [1.82, 2.24) is 9.29 Å². The van der Waals surface area contributed by atoms with E-state index in [9.17, 15) is 35.6 Å². The lowest BCUT2D eigenvalue weighted by Crippen LogP contribution is -2.31. The molecule has 0 atom stereocenters. The number of esters is 1. The van der Waals surface area contributed by atoms with Crippen molar-refractivity contribution in [1.29, 1.82) is 0 Å². The van der Waals surface area contributed by atoms with E-state index in [2.05, 4.69) is 0 Å². The summed E-state index contributed by atoms with van der Waals surface area (Å²) in [5.41, 5.74) is 0.324. The van der Waals surface area contributed by atoms with Crippen LogP contribution in [0, 0.1) is 19.7 Å². The van der Waals surface area contributed by atoms with Crippen LogP contribution in [-0.2, 0) is 25.7 Å². The van der Waals surface area contributed by atoms with Gasteiger partial charge in [0.15, 0.2) is 6.61 Å². The quantitative estimate of drug-likeness (QED) is 0.280. The summed E-state index contributed by atoms with van der Waals surface area (Å²) in [4.78, 5) is 24.2. The molecule has 35 heavy (non-hydrogen) atoms. The number of nitrogens with zero attached hydrogens (tertiary/aromatic N) is 1. The van der Waals surface area contributed by atoms with Crippen molar-refractivity contribution in [2.24, 2.45) is 0 Å². The summed E-state index contributed by atoms with van der Waals surface area (Å²) in [6.07, 6.45) is -4.53. The summed E-state index contributed by atoms with van der Waals surface area (Å²) in [6.45, 7) is 1.63. The minimum absolute atomic E-state index is 0.132. The second kappa shape index (κ2) is 10.0. The summed E-state index contributed by atoms with van der Waals surface area (Å²) in [5, 5.41) is 0. The Morgan fingerprint density at radius 1 is 1.03 bits per heavy atom. The number of sulfonamides is 1. The van der Waals surface area contributed by atoms with E-state index in [1.54, 1.807) is 6.92 Å². The van der Waals surface area contributed by atoms with Gasteiger partial charge in [-0.3, -0.25) is 9.59 Å². The SMILES string of the molecule is Cc1cc(C(=O)COC(=O)CNS(=O)(=O)c2cccc(F)c2)c(C)n1-c1cccc(C(F)(F)F)c1. The summed E-state index contributed by atoms with van der Waals surface area (Å²) in [5.74, 6) is -2.45. The Morgan fingerprint density at radius 2 is 1.71 bits per heavy atom. The average Bonchev–Trinajstić information content (AvgIpc) is 3.09. The maximum absolute atomic E-state index is 13.2. The van der Waals surface area contributed by atoms with Crippen LogP contribution in [0.15, 0.2) is 59.5 Å². The highest BCUT2D eigenvalue weighted by Gasteiger charge is 2.31. The first-order valence-electron chi connectivity index (χ1n) is 10.1. The molecular formula is C23H20F4N2O5S. The van der Waals surface area contributed by atoms with Gasteiger partial charge in [0.1, 0.15) is 12.4 Å². The Morgan fingerprint density at radius 3 is 2.37 bits per heavy atom. The van der Waals surface area contributed by atoms with E-state index in [1.165, 1.54) is 35.8 Å². The summed E-state index contributed by atoms with van der Waals surface area (Å²) in [6, 6.07) is 10.2. The van der Waals surface area contributed by atoms with Crippen molar-refractivity contribution in [2.75, 3.05) is 13.2 Å². The molecule has 0 aliphatic carbocycles. The van der Waals surface area contributed by atoms with Crippen LogP contribution in [0.5, 0.6) is 0 Å². The normalized spacial score (nSPS) is 11.9. The minimum atomic E-state index is -4.53. The number of alkyl halides is 3. The number of hydrogen-bond acceptors (Lipinski definition) is 5. The molecule has 0 aliphatic rings. The molecule has 12 heteroatoms. The minimum Gasteiger partial charge on any atom is -0.456 e. The topological polar surface area (TPSA) is 94.5 Å². The Bertz CT molecular complexity index is 1380. The zero-order chi connectivity index (χ0) is 26.0. The third-order valence-corrected chi connectivity index (χ3v) is 6.44. The molecule has 2 aromatic carbocycles. The highest BCUT2D eigenvalue weighted by Crippen LogP contribution is 2.31. The molecule has 7 nitrogen and oxygen atoms in total. The number of ketones is 1. The molecule has 0 aliphatic heterocycles. The van der Waals surface area contributed by atoms with Gasteiger partial charge in [-0.1, -0.05) is 12.1 Å². The number of benzene rings is 2. The number of aromatic nitrogens is 1. The molecule has 0 unspecified atom stereocenters. The van der Waals surface area contributed by atoms with Crippen LogP contribution >= 0.6 is 0 Å². The Hall–Kier alpha value is -3.51. The molecule has 186 valence electrons. The van der Waals surface area contributed by atoms with Crippen molar-refractivity contribution >= 4 is 21.8 Å². The van der Waals surface area contributed by atoms with E-state index in [1.807, 2.05) is 4.72 Å². The van der Waals surface area contributed by atoms with Gasteiger partial charge in [0.25, 0.3) is 0 Å². The van der Waals surface area contributed by atoms with Crippen molar-refractivity contribution in [3.8, 4) is 5.69 Å². The van der Waals surface area contributed by atoms with Gasteiger partial charge < -0.3 is 9.30 Å². The monoisotopic (exact) mass is 512 g/mol. The maximum Gasteiger partial charge on any atom is 0.416 e. The lowest BCUT2D eigenvalue weighted by atomic mass is 10.1. The van der Waals surface area contributed by atoms with Crippen LogP contribution in [0.3, 0.4) is 0 Å². The van der Waals surface area contributed by atoms with Gasteiger partial charge in [0.2, 0.25) is 15.8 Å². The molecule has 3 rings (SSSR count). The molecule has 1 aromatic heterocycles. The number of carbonyl (C=O) groups excluding carboxylic acids is 2. The third kappa shape index (κ3) is 6.14. The smallest absolute Gasteiger partial charge is 0.416 e. The van der Waals surface area contributed by atoms with Gasteiger partial charge in [0.05, 0.1) is 10.5 Å². The zero-order valence-corrected chi connectivity index (χ0v) is 19.3. The molecule has 0 saturated carbocycles. The van der Waals surface area contributed by atoms with Crippen LogP contribution in [0.1, 0.15) is 27.3 Å². The predicted octanol–water partition coefficient (Wildman–Crippen LogP) is 3.96. The highest BCUT2D eigenvalue weighted by atomic mass is 32.2. The fourth-order valence-corrected chi connectivity index (χ4v) is 4.41. The number of rotatable bonds is 8. The fraction of sp³-hybridized carbons (Fsp3) is 0.217. The van der Waals surface area contributed by atoms with Gasteiger partial charge in [-0.05, 0) is 56.3 Å². The Kier molecular flexibility index (Phi) is 7.46. The van der Waals surface area contributed by atoms with E-state index in [4.69, 9.17) is 4.74 Å². The van der Waals surface area contributed by atoms with E-state index in [0.717, 1.165) is 30.3 Å². The largest absolute Gasteiger partial charge is 0.456 e. The number of Topliss-reactive ketones (excluding diaryl/α,β-unsaturated/α-hetero) is 1. The summed E-state index contributed by atoms with van der Waals surface area (Å²) >= 11 is 0. The van der Waals surface area contributed by atoms with Crippen molar-refractivity contribution < 1.29 is 40.3 Å². The van der Waals surface area contributed by atoms with Gasteiger partial charge in [0, 0.05) is 22.6 Å². The summed E-state index contributed by atoms with van der Waals surface area (Å²) < 4.78 is 85.0. The Balaban J connectivity index is 1.66. The van der Waals surface area contributed by atoms with Gasteiger partial charge in [-0.15, -0.1) is 0 Å². The van der Waals surface area contributed by atoms with E-state index >= 15 is 0 Å². The predicted molar refractivity (Wildman–Crippen MR) is 117 cm³/mol. The number of carbonyl (C=O) groups is 2. The standard InChI is InChI=1S/C23H20F4N2O5S/c1-14-9-20(15(2)29(14)18-7-3-5-16(10-18)23(25,26)27)21(30)13-34-22(31)12-28-35(32,33)19-8-4-6-17(24)11-19/h3-11,28H,12-13H2,1-2H3. The molecule has 0 spiro atoms. The van der Waals surface area contributed by atoms with Gasteiger partial charge in [-0.2, -0.15) is 17.9 Å². The fourth-order valence-electron chi connectivity index (χ4n) is 3.41. The molecule has 0 amide bonds. The Labute approximate surface area is 198 Å². The average molecular weight is 512 g/mol. The first kappa shape index (κ1) is 26.1. The molecule has 0 fully saturated rings. The van der Waals surface area contributed by atoms with Crippen LogP contribution in [0.25, 0.3) is 5.69 Å². The van der Waals surface area contributed by atoms with Gasteiger partial charge >= 0.3 is 12.1 Å². The number of halogens is 4. The molecule has 1 heterocycles. The number of ether oxygens (including phenoxy) is 1. The molecule has 0 saturated heterocycles. The molecule has 3 aromatic rings. The maximum atomic E-state index is 13.2. The first-order chi connectivity index (χ1) is 16.3. The number of aryl methyl sites for hydroxylation is 1. The van der Waals surface area contributed by atoms with E-state index < -0.39 is 52.5 Å². The highest BCUT2D eigenvalue weighted by molar-refractivity contribution is 7.89. The number of hydrogen-bond donors (Lipinski definition) is 1. The molecule has 0 bridgehead atoms. The first-order valence-corrected chi connectivity index (χ1v) is 11.6. The zero-order valence-electron chi connectivity index (χ0n) is 18.5. The van der Waals surface area contributed by atoms with Crippen molar-refractivity contribution in [3.63, 3.8) is 0 Å². The van der Waals surface area contributed by atoms with E-state index in [-0.39, 0.29) is 16.1 Å². The van der Waals surface area contributed by atoms with Crippen LogP contribution in [0.2, 0.25) is 0 Å². The number of nitrogens with one attached hydrogen (secondary N) is 1. The summed E-state index contributed by atoms with van der Waals surface area (Å²) in [7, 11) is -4.18. The van der Waals surface area contributed by atoms with Crippen LogP contribution < -0.4 is 4.72 Å². The third-order valence-electron chi connectivity index (χ3n) is 5.04.